The Bertz CT molecular complexity index is 180. The van der Waals surface area contributed by atoms with E-state index >= 15 is 0 Å². The number of hydrogen-bond donors (Lipinski definition) is 2. The zero-order chi connectivity index (χ0) is 9.97. The van der Waals surface area contributed by atoms with E-state index in [0.29, 0.717) is 6.04 Å². The van der Waals surface area contributed by atoms with Crippen molar-refractivity contribution in [1.82, 2.24) is 0 Å². The molecule has 2 rings (SSSR count). The third-order valence-corrected chi connectivity index (χ3v) is 3.72. The number of rotatable bonds is 1. The monoisotopic (exact) mass is 200 g/mol. The highest BCUT2D eigenvalue weighted by Crippen LogP contribution is 2.13. The summed E-state index contributed by atoms with van der Waals surface area (Å²) in [6.07, 6.45) is 4.83. The Morgan fingerprint density at radius 2 is 1.93 bits per heavy atom. The van der Waals surface area contributed by atoms with Crippen LogP contribution in [0.3, 0.4) is 0 Å². The molecule has 82 valence electrons. The van der Waals surface area contributed by atoms with Crippen LogP contribution in [-0.2, 0) is 4.74 Å². The number of aliphatic hydroxyl groups excluding tert-OH is 1. The SMILES string of the molecule is CC1OCCC([NH+]2CCCCC2)C1O. The van der Waals surface area contributed by atoms with Gasteiger partial charge < -0.3 is 14.7 Å². The number of nitrogens with one attached hydrogen (secondary N) is 1. The molecule has 0 bridgehead atoms. The molecule has 0 saturated carbocycles. The molecular weight excluding hydrogens is 178 g/mol. The maximum atomic E-state index is 10.0. The van der Waals surface area contributed by atoms with Gasteiger partial charge in [-0.2, -0.15) is 0 Å². The number of ether oxygens (including phenoxy) is 1. The highest BCUT2D eigenvalue weighted by molar-refractivity contribution is 4.78. The second-order valence-corrected chi connectivity index (χ2v) is 4.68. The molecule has 2 saturated heterocycles. The summed E-state index contributed by atoms with van der Waals surface area (Å²) in [5, 5.41) is 10.0. The Labute approximate surface area is 86.0 Å². The summed E-state index contributed by atoms with van der Waals surface area (Å²) in [6, 6.07) is 0.430. The summed E-state index contributed by atoms with van der Waals surface area (Å²) < 4.78 is 5.45. The van der Waals surface area contributed by atoms with Gasteiger partial charge in [0.1, 0.15) is 12.1 Å². The molecule has 0 aromatic rings. The molecule has 3 heteroatoms. The van der Waals surface area contributed by atoms with Gasteiger partial charge in [-0.3, -0.25) is 0 Å². The van der Waals surface area contributed by atoms with Gasteiger partial charge in [-0.05, 0) is 26.2 Å². The van der Waals surface area contributed by atoms with E-state index in [-0.39, 0.29) is 12.2 Å². The molecule has 3 unspecified atom stereocenters. The lowest BCUT2D eigenvalue weighted by Gasteiger charge is -2.39. The van der Waals surface area contributed by atoms with Crippen LogP contribution >= 0.6 is 0 Å². The normalized spacial score (nSPS) is 41.1. The van der Waals surface area contributed by atoms with Crippen LogP contribution < -0.4 is 4.90 Å². The van der Waals surface area contributed by atoms with Gasteiger partial charge in [0.15, 0.2) is 0 Å². The molecule has 3 nitrogen and oxygen atoms in total. The highest BCUT2D eigenvalue weighted by atomic mass is 16.5. The Balaban J connectivity index is 1.93. The maximum absolute atomic E-state index is 10.0. The van der Waals surface area contributed by atoms with Crippen LogP contribution in [0.4, 0.5) is 0 Å². The van der Waals surface area contributed by atoms with Crippen molar-refractivity contribution >= 4 is 0 Å². The number of quaternary nitrogens is 1. The molecule has 2 fully saturated rings. The summed E-state index contributed by atoms with van der Waals surface area (Å²) in [4.78, 5) is 1.61. The first-order valence-electron chi connectivity index (χ1n) is 5.93. The molecule has 2 aliphatic heterocycles. The van der Waals surface area contributed by atoms with Crippen molar-refractivity contribution in [3.05, 3.63) is 0 Å². The minimum absolute atomic E-state index is 0.0307. The van der Waals surface area contributed by atoms with E-state index in [0.717, 1.165) is 13.0 Å². The molecule has 0 aromatic carbocycles. The molecule has 0 spiro atoms. The molecule has 2 N–H and O–H groups in total. The fourth-order valence-electron chi connectivity index (χ4n) is 2.80. The van der Waals surface area contributed by atoms with Crippen LogP contribution in [0.25, 0.3) is 0 Å². The predicted octanol–water partition coefficient (Wildman–Crippen LogP) is -0.406. The van der Waals surface area contributed by atoms with E-state index in [4.69, 9.17) is 4.74 Å². The van der Waals surface area contributed by atoms with Crippen molar-refractivity contribution in [2.75, 3.05) is 19.7 Å². The first-order chi connectivity index (χ1) is 6.79. The van der Waals surface area contributed by atoms with Gasteiger partial charge in [-0.25, -0.2) is 0 Å². The van der Waals surface area contributed by atoms with Gasteiger partial charge >= 0.3 is 0 Å². The lowest BCUT2D eigenvalue weighted by molar-refractivity contribution is -0.935. The smallest absolute Gasteiger partial charge is 0.131 e. The lowest BCUT2D eigenvalue weighted by atomic mass is 9.96. The van der Waals surface area contributed by atoms with Crippen LogP contribution in [-0.4, -0.2) is 43.1 Å². The number of likely N-dealkylation sites (tertiary alicyclic amines) is 1. The van der Waals surface area contributed by atoms with Crippen molar-refractivity contribution < 1.29 is 14.7 Å². The van der Waals surface area contributed by atoms with Crippen molar-refractivity contribution in [2.24, 2.45) is 0 Å². The van der Waals surface area contributed by atoms with Crippen molar-refractivity contribution in [2.45, 2.75) is 50.9 Å². The number of hydrogen-bond acceptors (Lipinski definition) is 2. The van der Waals surface area contributed by atoms with Gasteiger partial charge in [0.25, 0.3) is 0 Å². The Kier molecular flexibility index (Phi) is 3.42. The summed E-state index contributed by atoms with van der Waals surface area (Å²) >= 11 is 0. The highest BCUT2D eigenvalue weighted by Gasteiger charge is 2.37. The summed E-state index contributed by atoms with van der Waals surface area (Å²) in [5.74, 6) is 0. The Morgan fingerprint density at radius 3 is 2.64 bits per heavy atom. The number of aliphatic hydroxyl groups is 1. The van der Waals surface area contributed by atoms with Crippen molar-refractivity contribution in [3.8, 4) is 0 Å². The number of piperidine rings is 1. The minimum atomic E-state index is -0.253. The molecule has 0 aromatic heterocycles. The van der Waals surface area contributed by atoms with Gasteiger partial charge in [0.2, 0.25) is 0 Å². The zero-order valence-electron chi connectivity index (χ0n) is 9.04. The third kappa shape index (κ3) is 2.10. The fourth-order valence-corrected chi connectivity index (χ4v) is 2.80. The molecule has 2 heterocycles. The minimum Gasteiger partial charge on any atom is -0.384 e. The summed E-state index contributed by atoms with van der Waals surface area (Å²) in [6.45, 7) is 5.30. The van der Waals surface area contributed by atoms with E-state index in [1.165, 1.54) is 32.4 Å². The average molecular weight is 200 g/mol. The first-order valence-corrected chi connectivity index (χ1v) is 5.93. The lowest BCUT2D eigenvalue weighted by Crippen LogP contribution is -3.18. The van der Waals surface area contributed by atoms with E-state index in [9.17, 15) is 5.11 Å². The Morgan fingerprint density at radius 1 is 1.21 bits per heavy atom. The van der Waals surface area contributed by atoms with Crippen LogP contribution in [0.2, 0.25) is 0 Å². The standard InChI is InChI=1S/C11H21NO2/c1-9-11(13)10(5-8-14-9)12-6-3-2-4-7-12/h9-11,13H,2-8H2,1H3/p+1. The molecular formula is C11H22NO2+. The van der Waals surface area contributed by atoms with Crippen molar-refractivity contribution in [1.29, 1.82) is 0 Å². The summed E-state index contributed by atoms with van der Waals surface area (Å²) in [5.41, 5.74) is 0. The molecule has 0 radical (unpaired) electrons. The predicted molar refractivity (Wildman–Crippen MR) is 54.4 cm³/mol. The molecule has 0 amide bonds. The maximum Gasteiger partial charge on any atom is 0.131 e. The van der Waals surface area contributed by atoms with Crippen molar-refractivity contribution in [3.63, 3.8) is 0 Å². The van der Waals surface area contributed by atoms with E-state index in [2.05, 4.69) is 0 Å². The van der Waals surface area contributed by atoms with Gasteiger partial charge in [-0.15, -0.1) is 0 Å². The van der Waals surface area contributed by atoms with Gasteiger partial charge in [0.05, 0.1) is 25.8 Å². The second kappa shape index (κ2) is 4.60. The van der Waals surface area contributed by atoms with Crippen LogP contribution in [0, 0.1) is 0 Å². The zero-order valence-corrected chi connectivity index (χ0v) is 9.04. The molecule has 0 aliphatic carbocycles. The van der Waals surface area contributed by atoms with E-state index in [1.807, 2.05) is 6.92 Å². The average Bonchev–Trinajstić information content (AvgIpc) is 2.23. The van der Waals surface area contributed by atoms with E-state index < -0.39 is 0 Å². The quantitative estimate of drug-likeness (QED) is 0.603. The third-order valence-electron chi connectivity index (χ3n) is 3.72. The first kappa shape index (κ1) is 10.4. The fraction of sp³-hybridized carbons (Fsp3) is 1.00. The molecule has 3 atom stereocenters. The van der Waals surface area contributed by atoms with Crippen LogP contribution in [0.5, 0.6) is 0 Å². The Hall–Kier alpha value is -0.120. The molecule has 14 heavy (non-hydrogen) atoms. The van der Waals surface area contributed by atoms with E-state index in [1.54, 1.807) is 4.90 Å². The van der Waals surface area contributed by atoms with Crippen LogP contribution in [0.1, 0.15) is 32.6 Å². The van der Waals surface area contributed by atoms with Gasteiger partial charge in [-0.1, -0.05) is 0 Å². The molecule has 2 aliphatic rings. The topological polar surface area (TPSA) is 33.9 Å². The van der Waals surface area contributed by atoms with Gasteiger partial charge in [0, 0.05) is 6.42 Å². The summed E-state index contributed by atoms with van der Waals surface area (Å²) in [7, 11) is 0. The largest absolute Gasteiger partial charge is 0.384 e. The van der Waals surface area contributed by atoms with Crippen LogP contribution in [0.15, 0.2) is 0 Å². The second-order valence-electron chi connectivity index (χ2n) is 4.68.